The Kier molecular flexibility index (Phi) is 7.42. The molecule has 0 fully saturated rings. The van der Waals surface area contributed by atoms with Crippen molar-refractivity contribution in [3.8, 4) is 0 Å². The van der Waals surface area contributed by atoms with Crippen LogP contribution >= 0.6 is 0 Å². The summed E-state index contributed by atoms with van der Waals surface area (Å²) in [6, 6.07) is 7.21. The maximum Gasteiger partial charge on any atom is 0.236 e. The maximum absolute atomic E-state index is 11.7. The molecule has 1 rings (SSSR count). The van der Waals surface area contributed by atoms with Gasteiger partial charge in [0.1, 0.15) is 0 Å². The van der Waals surface area contributed by atoms with Crippen molar-refractivity contribution < 1.29 is 14.3 Å². The monoisotopic (exact) mass is 293 g/mol. The second kappa shape index (κ2) is 9.10. The van der Waals surface area contributed by atoms with Gasteiger partial charge in [0.15, 0.2) is 0 Å². The quantitative estimate of drug-likeness (QED) is 0.622. The molecule has 6 nitrogen and oxygen atoms in total. The molecule has 0 aromatic heterocycles. The molecule has 21 heavy (non-hydrogen) atoms. The van der Waals surface area contributed by atoms with Gasteiger partial charge in [0.25, 0.3) is 0 Å². The van der Waals surface area contributed by atoms with Crippen molar-refractivity contribution in [2.45, 2.75) is 26.4 Å². The summed E-state index contributed by atoms with van der Waals surface area (Å²) in [6.45, 7) is 4.88. The highest BCUT2D eigenvalue weighted by molar-refractivity contribution is 5.88. The molecular formula is C15H23N3O3. The second-order valence-corrected chi connectivity index (χ2v) is 4.76. The lowest BCUT2D eigenvalue weighted by Crippen LogP contribution is -2.42. The van der Waals surface area contributed by atoms with Crippen LogP contribution in [0, 0.1) is 0 Å². The van der Waals surface area contributed by atoms with Crippen LogP contribution in [0.1, 0.15) is 19.4 Å². The summed E-state index contributed by atoms with van der Waals surface area (Å²) in [6.07, 6.45) is 0. The van der Waals surface area contributed by atoms with Gasteiger partial charge in [-0.3, -0.25) is 9.59 Å². The minimum Gasteiger partial charge on any atom is -0.383 e. The van der Waals surface area contributed by atoms with Crippen molar-refractivity contribution in [1.29, 1.82) is 0 Å². The minimum atomic E-state index is -0.281. The molecule has 1 aromatic rings. The van der Waals surface area contributed by atoms with Gasteiger partial charge in [0, 0.05) is 32.8 Å². The average Bonchev–Trinajstić information content (AvgIpc) is 2.45. The zero-order chi connectivity index (χ0) is 15.7. The van der Waals surface area contributed by atoms with Crippen LogP contribution in [0.4, 0.5) is 5.69 Å². The fourth-order valence-electron chi connectivity index (χ4n) is 1.70. The zero-order valence-corrected chi connectivity index (χ0v) is 12.7. The average molecular weight is 293 g/mol. The molecule has 2 amide bonds. The minimum absolute atomic E-state index is 0.0538. The van der Waals surface area contributed by atoms with Gasteiger partial charge in [0.05, 0.1) is 12.6 Å². The number of amides is 2. The summed E-state index contributed by atoms with van der Waals surface area (Å²) in [5.74, 6) is -0.149. The molecule has 0 radical (unpaired) electrons. The fraction of sp³-hybridized carbons (Fsp3) is 0.467. The van der Waals surface area contributed by atoms with Crippen LogP contribution in [0.5, 0.6) is 0 Å². The molecule has 1 aromatic carbocycles. The Balaban J connectivity index is 2.36. The highest BCUT2D eigenvalue weighted by Gasteiger charge is 2.11. The van der Waals surface area contributed by atoms with Crippen LogP contribution in [-0.2, 0) is 20.9 Å². The van der Waals surface area contributed by atoms with Crippen LogP contribution in [0.3, 0.4) is 0 Å². The van der Waals surface area contributed by atoms with Crippen molar-refractivity contribution in [2.24, 2.45) is 0 Å². The first-order chi connectivity index (χ1) is 10.0. The van der Waals surface area contributed by atoms with E-state index in [9.17, 15) is 9.59 Å². The molecule has 0 aliphatic rings. The number of carbonyl (C=O) groups is 2. The largest absolute Gasteiger partial charge is 0.383 e. The van der Waals surface area contributed by atoms with Gasteiger partial charge in [-0.15, -0.1) is 0 Å². The zero-order valence-electron chi connectivity index (χ0n) is 12.7. The van der Waals surface area contributed by atoms with E-state index in [-0.39, 0.29) is 17.9 Å². The molecule has 0 aliphatic heterocycles. The first-order valence-electron chi connectivity index (χ1n) is 6.89. The van der Waals surface area contributed by atoms with Gasteiger partial charge >= 0.3 is 0 Å². The third-order valence-electron chi connectivity index (χ3n) is 2.89. The molecule has 3 N–H and O–H groups in total. The Morgan fingerprint density at radius 2 is 1.90 bits per heavy atom. The van der Waals surface area contributed by atoms with E-state index in [0.717, 1.165) is 11.3 Å². The fourth-order valence-corrected chi connectivity index (χ4v) is 1.70. The van der Waals surface area contributed by atoms with E-state index in [4.69, 9.17) is 4.74 Å². The molecule has 1 unspecified atom stereocenters. The predicted molar refractivity (Wildman–Crippen MR) is 81.9 cm³/mol. The lowest BCUT2D eigenvalue weighted by atomic mass is 10.2. The van der Waals surface area contributed by atoms with E-state index in [1.54, 1.807) is 7.11 Å². The van der Waals surface area contributed by atoms with E-state index in [2.05, 4.69) is 16.0 Å². The first-order valence-corrected chi connectivity index (χ1v) is 6.89. The summed E-state index contributed by atoms with van der Waals surface area (Å²) < 4.78 is 4.87. The number of nitrogens with one attached hydrogen (secondary N) is 3. The van der Waals surface area contributed by atoms with Crippen molar-refractivity contribution in [3.63, 3.8) is 0 Å². The van der Waals surface area contributed by atoms with E-state index < -0.39 is 0 Å². The maximum atomic E-state index is 11.7. The third-order valence-corrected chi connectivity index (χ3v) is 2.89. The summed E-state index contributed by atoms with van der Waals surface area (Å²) in [7, 11) is 1.60. The normalized spacial score (nSPS) is 11.8. The van der Waals surface area contributed by atoms with E-state index in [1.807, 2.05) is 31.2 Å². The van der Waals surface area contributed by atoms with Crippen molar-refractivity contribution in [3.05, 3.63) is 29.8 Å². The van der Waals surface area contributed by atoms with Gasteiger partial charge in [-0.1, -0.05) is 12.1 Å². The van der Waals surface area contributed by atoms with Crippen LogP contribution in [-0.4, -0.2) is 38.1 Å². The number of anilines is 1. The Morgan fingerprint density at radius 3 is 2.48 bits per heavy atom. The third kappa shape index (κ3) is 6.87. The Bertz CT molecular complexity index is 460. The van der Waals surface area contributed by atoms with Gasteiger partial charge in [-0.05, 0) is 24.6 Å². The second-order valence-electron chi connectivity index (χ2n) is 4.76. The summed E-state index contributed by atoms with van der Waals surface area (Å²) >= 11 is 0. The number of rotatable bonds is 8. The van der Waals surface area contributed by atoms with Crippen molar-refractivity contribution in [1.82, 2.24) is 10.6 Å². The topological polar surface area (TPSA) is 79.5 Å². The molecule has 0 saturated carbocycles. The molecule has 1 atom stereocenters. The molecule has 6 heteroatoms. The molecule has 0 saturated heterocycles. The lowest BCUT2D eigenvalue weighted by molar-refractivity contribution is -0.123. The Morgan fingerprint density at radius 1 is 1.24 bits per heavy atom. The van der Waals surface area contributed by atoms with Crippen LogP contribution in [0.2, 0.25) is 0 Å². The van der Waals surface area contributed by atoms with E-state index >= 15 is 0 Å². The number of benzene rings is 1. The number of methoxy groups -OCH3 is 1. The number of ether oxygens (including phenoxy) is 1. The molecule has 116 valence electrons. The predicted octanol–water partition coefficient (Wildman–Crippen LogP) is 0.886. The SMILES string of the molecule is COCCNC(=O)C(C)NCc1ccc(NC(C)=O)cc1. The van der Waals surface area contributed by atoms with Crippen LogP contribution < -0.4 is 16.0 Å². The molecule has 0 heterocycles. The molecular weight excluding hydrogens is 270 g/mol. The van der Waals surface area contributed by atoms with E-state index in [0.29, 0.717) is 19.7 Å². The number of hydrogen-bond donors (Lipinski definition) is 3. The molecule has 0 bridgehead atoms. The van der Waals surface area contributed by atoms with Gasteiger partial charge < -0.3 is 20.7 Å². The highest BCUT2D eigenvalue weighted by atomic mass is 16.5. The molecule has 0 aliphatic carbocycles. The standard InChI is InChI=1S/C15H23N3O3/c1-11(15(20)16-8-9-21-3)17-10-13-4-6-14(7-5-13)18-12(2)19/h4-7,11,17H,8-10H2,1-3H3,(H,16,20)(H,18,19). The van der Waals surface area contributed by atoms with Crippen LogP contribution in [0.15, 0.2) is 24.3 Å². The number of carbonyl (C=O) groups excluding carboxylic acids is 2. The van der Waals surface area contributed by atoms with Crippen LogP contribution in [0.25, 0.3) is 0 Å². The smallest absolute Gasteiger partial charge is 0.236 e. The summed E-state index contributed by atoms with van der Waals surface area (Å²) in [5, 5.41) is 8.63. The van der Waals surface area contributed by atoms with Gasteiger partial charge in [-0.2, -0.15) is 0 Å². The Hall–Kier alpha value is -1.92. The first kappa shape index (κ1) is 17.1. The van der Waals surface area contributed by atoms with E-state index in [1.165, 1.54) is 6.92 Å². The lowest BCUT2D eigenvalue weighted by Gasteiger charge is -2.14. The van der Waals surface area contributed by atoms with Gasteiger partial charge in [0.2, 0.25) is 11.8 Å². The Labute approximate surface area is 125 Å². The number of hydrogen-bond acceptors (Lipinski definition) is 4. The van der Waals surface area contributed by atoms with Crippen molar-refractivity contribution in [2.75, 3.05) is 25.6 Å². The summed E-state index contributed by atoms with van der Waals surface area (Å²) in [5.41, 5.74) is 1.80. The summed E-state index contributed by atoms with van der Waals surface area (Å²) in [4.78, 5) is 22.7. The molecule has 0 spiro atoms. The van der Waals surface area contributed by atoms with Gasteiger partial charge in [-0.25, -0.2) is 0 Å². The van der Waals surface area contributed by atoms with Crippen molar-refractivity contribution >= 4 is 17.5 Å². The highest BCUT2D eigenvalue weighted by Crippen LogP contribution is 2.09.